The topological polar surface area (TPSA) is 58.4 Å². The first-order chi connectivity index (χ1) is 9.34. The van der Waals surface area contributed by atoms with Crippen LogP contribution >= 0.6 is 0 Å². The van der Waals surface area contributed by atoms with Crippen LogP contribution < -0.4 is 15.4 Å². The molecule has 1 saturated heterocycles. The molecule has 0 radical (unpaired) electrons. The van der Waals surface area contributed by atoms with Crippen molar-refractivity contribution in [3.63, 3.8) is 0 Å². The average molecular weight is 307 g/mol. The van der Waals surface area contributed by atoms with Crippen LogP contribution in [0.3, 0.4) is 0 Å². The van der Waals surface area contributed by atoms with Gasteiger partial charge in [0.1, 0.15) is 17.0 Å². The lowest BCUT2D eigenvalue weighted by Gasteiger charge is -2.29. The number of anilines is 2. The molecule has 2 rings (SSSR count). The number of alkyl halides is 3. The van der Waals surface area contributed by atoms with E-state index in [0.29, 0.717) is 23.5 Å². The molecule has 0 aromatic heterocycles. The molecule has 3 N–H and O–H groups in total. The summed E-state index contributed by atoms with van der Waals surface area (Å²) in [6, 6.07) is 2.99. The summed E-state index contributed by atoms with van der Waals surface area (Å²) < 4.78 is 53.0. The maximum atomic E-state index is 12.9. The first-order valence-electron chi connectivity index (χ1n) is 6.16. The van der Waals surface area contributed by atoms with Crippen LogP contribution in [0.4, 0.5) is 24.5 Å². The van der Waals surface area contributed by atoms with E-state index in [0.717, 1.165) is 0 Å². The van der Waals surface area contributed by atoms with Crippen LogP contribution in [0, 0.1) is 0 Å². The second kappa shape index (κ2) is 5.61. The molecule has 20 heavy (non-hydrogen) atoms. The van der Waals surface area contributed by atoms with Crippen LogP contribution in [0.25, 0.3) is 0 Å². The lowest BCUT2D eigenvalue weighted by molar-refractivity contribution is -0.145. The summed E-state index contributed by atoms with van der Waals surface area (Å²) in [7, 11) is 0.121. The fraction of sp³-hybridized carbons (Fsp3) is 0.500. The van der Waals surface area contributed by atoms with Crippen molar-refractivity contribution in [2.75, 3.05) is 24.2 Å². The van der Waals surface area contributed by atoms with Crippen LogP contribution in [0.1, 0.15) is 12.8 Å². The van der Waals surface area contributed by atoms with Crippen molar-refractivity contribution < 1.29 is 17.4 Å². The number of nitrogens with two attached hydrogens (primary N) is 1. The Labute approximate surface area is 117 Å². The van der Waals surface area contributed by atoms with Gasteiger partial charge in [-0.05, 0) is 38.1 Å². The molecule has 0 bridgehead atoms. The van der Waals surface area contributed by atoms with E-state index < -0.39 is 23.2 Å². The standard InChI is InChI=1S/C12H16F3N3OS/c1-17-20(19)8-4-5-10(9(16)7-8)18-6-2-3-11(18)12(13,14)15/h4-5,7,11,17H,2-3,6,16H2,1H3. The largest absolute Gasteiger partial charge is 0.408 e. The minimum atomic E-state index is -4.27. The number of halogens is 3. The van der Waals surface area contributed by atoms with Crippen LogP contribution in [0.15, 0.2) is 23.1 Å². The summed E-state index contributed by atoms with van der Waals surface area (Å²) in [5.41, 5.74) is 6.39. The maximum absolute atomic E-state index is 12.9. The summed E-state index contributed by atoms with van der Waals surface area (Å²) in [5.74, 6) is 0. The molecule has 1 aromatic rings. The highest BCUT2D eigenvalue weighted by Crippen LogP contribution is 2.38. The number of nitrogen functional groups attached to an aromatic ring is 1. The SMILES string of the molecule is CNS(=O)c1ccc(N2CCCC2C(F)(F)F)c(N)c1. The van der Waals surface area contributed by atoms with Gasteiger partial charge in [-0.2, -0.15) is 13.2 Å². The number of benzene rings is 1. The molecule has 8 heteroatoms. The molecular formula is C12H16F3N3OS. The highest BCUT2D eigenvalue weighted by Gasteiger charge is 2.46. The predicted octanol–water partition coefficient (Wildman–Crippen LogP) is 2.04. The van der Waals surface area contributed by atoms with Gasteiger partial charge in [0.05, 0.1) is 16.3 Å². The third-order valence-corrected chi connectivity index (χ3v) is 4.39. The van der Waals surface area contributed by atoms with Gasteiger partial charge in [0.15, 0.2) is 0 Å². The second-order valence-corrected chi connectivity index (χ2v) is 6.00. The molecule has 1 aliphatic rings. The van der Waals surface area contributed by atoms with Crippen molar-refractivity contribution >= 4 is 22.4 Å². The van der Waals surface area contributed by atoms with Crippen LogP contribution in [0.2, 0.25) is 0 Å². The summed E-state index contributed by atoms with van der Waals surface area (Å²) in [5, 5.41) is 0. The van der Waals surface area contributed by atoms with Crippen LogP contribution in [-0.2, 0) is 11.0 Å². The lowest BCUT2D eigenvalue weighted by atomic mass is 10.2. The van der Waals surface area contributed by atoms with Crippen molar-refractivity contribution in [3.8, 4) is 0 Å². The van der Waals surface area contributed by atoms with Gasteiger partial charge >= 0.3 is 6.18 Å². The molecule has 1 heterocycles. The zero-order valence-corrected chi connectivity index (χ0v) is 11.7. The zero-order valence-electron chi connectivity index (χ0n) is 10.9. The Bertz CT molecular complexity index is 521. The van der Waals surface area contributed by atoms with E-state index in [9.17, 15) is 17.4 Å². The fourth-order valence-corrected chi connectivity index (χ4v) is 3.08. The number of rotatable bonds is 3. The molecule has 0 spiro atoms. The third kappa shape index (κ3) is 2.90. The molecular weight excluding hydrogens is 291 g/mol. The minimum Gasteiger partial charge on any atom is -0.397 e. The van der Waals surface area contributed by atoms with Crippen molar-refractivity contribution in [2.45, 2.75) is 30.0 Å². The average Bonchev–Trinajstić information content (AvgIpc) is 2.86. The Balaban J connectivity index is 2.31. The smallest absolute Gasteiger partial charge is 0.397 e. The van der Waals surface area contributed by atoms with E-state index in [-0.39, 0.29) is 12.1 Å². The Morgan fingerprint density at radius 2 is 2.15 bits per heavy atom. The number of nitrogens with zero attached hydrogens (tertiary/aromatic N) is 1. The summed E-state index contributed by atoms with van der Waals surface area (Å²) >= 11 is 0. The minimum absolute atomic E-state index is 0.0765. The second-order valence-electron chi connectivity index (χ2n) is 4.59. The van der Waals surface area contributed by atoms with E-state index in [2.05, 4.69) is 4.72 Å². The highest BCUT2D eigenvalue weighted by molar-refractivity contribution is 7.83. The van der Waals surface area contributed by atoms with Gasteiger partial charge in [-0.1, -0.05) is 0 Å². The van der Waals surface area contributed by atoms with Gasteiger partial charge in [-0.15, -0.1) is 0 Å². The highest BCUT2D eigenvalue weighted by atomic mass is 32.2. The molecule has 2 unspecified atom stereocenters. The summed E-state index contributed by atoms with van der Waals surface area (Å²) in [6.45, 7) is 0.322. The van der Waals surface area contributed by atoms with Crippen LogP contribution in [-0.4, -0.2) is 30.0 Å². The third-order valence-electron chi connectivity index (χ3n) is 3.34. The number of nitrogens with one attached hydrogen (secondary N) is 1. The summed E-state index contributed by atoms with van der Waals surface area (Å²) in [4.78, 5) is 1.72. The molecule has 4 nitrogen and oxygen atoms in total. The van der Waals surface area contributed by atoms with E-state index >= 15 is 0 Å². The summed E-state index contributed by atoms with van der Waals surface area (Å²) in [6.07, 6.45) is -3.71. The number of hydrogen-bond acceptors (Lipinski definition) is 3. The van der Waals surface area contributed by atoms with E-state index in [4.69, 9.17) is 5.73 Å². The molecule has 1 fully saturated rings. The zero-order chi connectivity index (χ0) is 14.9. The molecule has 0 aliphatic carbocycles. The quantitative estimate of drug-likeness (QED) is 0.840. The Hall–Kier alpha value is -1.28. The maximum Gasteiger partial charge on any atom is 0.408 e. The molecule has 1 aromatic carbocycles. The van der Waals surface area contributed by atoms with Gasteiger partial charge in [-0.25, -0.2) is 8.93 Å². The van der Waals surface area contributed by atoms with Gasteiger partial charge in [0.25, 0.3) is 0 Å². The van der Waals surface area contributed by atoms with Gasteiger partial charge in [-0.3, -0.25) is 0 Å². The Kier molecular flexibility index (Phi) is 4.24. The van der Waals surface area contributed by atoms with Gasteiger partial charge < -0.3 is 10.6 Å². The Morgan fingerprint density at radius 3 is 2.70 bits per heavy atom. The molecule has 0 amide bonds. The van der Waals surface area contributed by atoms with Crippen molar-refractivity contribution in [1.82, 2.24) is 4.72 Å². The number of hydrogen-bond donors (Lipinski definition) is 2. The van der Waals surface area contributed by atoms with Gasteiger partial charge in [0.2, 0.25) is 0 Å². The Morgan fingerprint density at radius 1 is 1.45 bits per heavy atom. The van der Waals surface area contributed by atoms with E-state index in [1.165, 1.54) is 30.1 Å². The molecule has 112 valence electrons. The normalized spacial score (nSPS) is 21.2. The van der Waals surface area contributed by atoms with Crippen molar-refractivity contribution in [2.24, 2.45) is 0 Å². The van der Waals surface area contributed by atoms with Crippen molar-refractivity contribution in [1.29, 1.82) is 0 Å². The van der Waals surface area contributed by atoms with E-state index in [1.807, 2.05) is 0 Å². The first kappa shape index (κ1) is 15.1. The van der Waals surface area contributed by atoms with Crippen LogP contribution in [0.5, 0.6) is 0 Å². The first-order valence-corrected chi connectivity index (χ1v) is 7.31. The molecule has 0 saturated carbocycles. The molecule has 2 atom stereocenters. The predicted molar refractivity (Wildman–Crippen MR) is 72.7 cm³/mol. The fourth-order valence-electron chi connectivity index (χ4n) is 2.42. The lowest BCUT2D eigenvalue weighted by Crippen LogP contribution is -2.41. The monoisotopic (exact) mass is 307 g/mol. The molecule has 1 aliphatic heterocycles. The van der Waals surface area contributed by atoms with Crippen molar-refractivity contribution in [3.05, 3.63) is 18.2 Å². The van der Waals surface area contributed by atoms with E-state index in [1.54, 1.807) is 0 Å². The van der Waals surface area contributed by atoms with Gasteiger partial charge in [0, 0.05) is 6.54 Å².